The van der Waals surface area contributed by atoms with Crippen molar-refractivity contribution in [2.45, 2.75) is 45.1 Å². The fourth-order valence-electron chi connectivity index (χ4n) is 2.34. The number of hydrogen-bond donors (Lipinski definition) is 1. The molecule has 1 unspecified atom stereocenters. The van der Waals surface area contributed by atoms with Crippen molar-refractivity contribution in [3.63, 3.8) is 0 Å². The van der Waals surface area contributed by atoms with Crippen LogP contribution < -0.4 is 5.32 Å². The molecule has 3 heteroatoms. The number of thiophene rings is 1. The van der Waals surface area contributed by atoms with E-state index in [9.17, 15) is 0 Å². The molecule has 0 aliphatic carbocycles. The molecule has 0 saturated carbocycles. The summed E-state index contributed by atoms with van der Waals surface area (Å²) >= 11 is 1.86. The Labute approximate surface area is 126 Å². The molecule has 2 aromatic heterocycles. The van der Waals surface area contributed by atoms with Gasteiger partial charge in [-0.15, -0.1) is 11.3 Å². The molecule has 108 valence electrons. The molecule has 2 rings (SSSR count). The molecule has 0 bridgehead atoms. The van der Waals surface area contributed by atoms with Gasteiger partial charge in [-0.1, -0.05) is 19.1 Å². The Bertz CT molecular complexity index is 453. The first kappa shape index (κ1) is 15.2. The first-order valence-corrected chi connectivity index (χ1v) is 8.42. The molecule has 2 heterocycles. The standard InChI is InChI=1S/C17H24N2S/c1-2-12-18-16(10-11-17-7-5-14-20-17)9-8-15-6-3-4-13-19-15/h3-7,13-14,16,18H,2,8-12H2,1H3. The average molecular weight is 288 g/mol. The van der Waals surface area contributed by atoms with E-state index in [-0.39, 0.29) is 0 Å². The zero-order valence-corrected chi connectivity index (χ0v) is 13.0. The van der Waals surface area contributed by atoms with Crippen LogP contribution in [0.25, 0.3) is 0 Å². The van der Waals surface area contributed by atoms with Crippen LogP contribution in [0.1, 0.15) is 36.8 Å². The van der Waals surface area contributed by atoms with Gasteiger partial charge in [0.2, 0.25) is 0 Å². The molecule has 2 aromatic rings. The zero-order chi connectivity index (χ0) is 14.0. The number of rotatable bonds is 9. The van der Waals surface area contributed by atoms with Gasteiger partial charge in [0.25, 0.3) is 0 Å². The quantitative estimate of drug-likeness (QED) is 0.752. The lowest BCUT2D eigenvalue weighted by atomic mass is 10.0. The maximum atomic E-state index is 4.42. The highest BCUT2D eigenvalue weighted by Gasteiger charge is 2.09. The van der Waals surface area contributed by atoms with Crippen molar-refractivity contribution < 1.29 is 0 Å². The third-order valence-corrected chi connectivity index (χ3v) is 4.41. The SMILES string of the molecule is CCCNC(CCc1ccccn1)CCc1cccs1. The molecule has 1 N–H and O–H groups in total. The number of aromatic nitrogens is 1. The molecular formula is C17H24N2S. The molecule has 0 aliphatic heterocycles. The maximum Gasteiger partial charge on any atom is 0.0404 e. The lowest BCUT2D eigenvalue weighted by Crippen LogP contribution is -2.30. The number of hydrogen-bond acceptors (Lipinski definition) is 3. The Balaban J connectivity index is 1.80. The van der Waals surface area contributed by atoms with E-state index >= 15 is 0 Å². The van der Waals surface area contributed by atoms with Gasteiger partial charge in [-0.3, -0.25) is 4.98 Å². The van der Waals surface area contributed by atoms with E-state index in [2.05, 4.69) is 46.9 Å². The van der Waals surface area contributed by atoms with Gasteiger partial charge < -0.3 is 5.32 Å². The summed E-state index contributed by atoms with van der Waals surface area (Å²) in [5, 5.41) is 5.84. The summed E-state index contributed by atoms with van der Waals surface area (Å²) < 4.78 is 0. The predicted octanol–water partition coefficient (Wildman–Crippen LogP) is 4.08. The molecule has 2 nitrogen and oxygen atoms in total. The summed E-state index contributed by atoms with van der Waals surface area (Å²) in [4.78, 5) is 5.91. The van der Waals surface area contributed by atoms with Gasteiger partial charge in [-0.05, 0) is 62.2 Å². The number of nitrogens with one attached hydrogen (secondary N) is 1. The van der Waals surface area contributed by atoms with Crippen LogP contribution in [0.5, 0.6) is 0 Å². The Morgan fingerprint density at radius 3 is 2.75 bits per heavy atom. The Hall–Kier alpha value is -1.19. The van der Waals surface area contributed by atoms with Crippen molar-refractivity contribution >= 4 is 11.3 Å². The highest BCUT2D eigenvalue weighted by atomic mass is 32.1. The first-order valence-electron chi connectivity index (χ1n) is 7.54. The van der Waals surface area contributed by atoms with Gasteiger partial charge in [0.05, 0.1) is 0 Å². The van der Waals surface area contributed by atoms with E-state index in [0.717, 1.165) is 13.0 Å². The minimum atomic E-state index is 0.596. The molecule has 0 spiro atoms. The largest absolute Gasteiger partial charge is 0.314 e. The number of aryl methyl sites for hydroxylation is 2. The summed E-state index contributed by atoms with van der Waals surface area (Å²) in [5.41, 5.74) is 1.20. The molecule has 1 atom stereocenters. The summed E-state index contributed by atoms with van der Waals surface area (Å²) in [6.45, 7) is 3.33. The third-order valence-electron chi connectivity index (χ3n) is 3.48. The van der Waals surface area contributed by atoms with Crippen LogP contribution >= 0.6 is 11.3 Å². The van der Waals surface area contributed by atoms with E-state index < -0.39 is 0 Å². The van der Waals surface area contributed by atoms with Crippen molar-refractivity contribution in [2.75, 3.05) is 6.54 Å². The van der Waals surface area contributed by atoms with Crippen molar-refractivity contribution in [1.29, 1.82) is 0 Å². The molecule has 0 amide bonds. The number of nitrogens with zero attached hydrogens (tertiary/aromatic N) is 1. The van der Waals surface area contributed by atoms with Gasteiger partial charge >= 0.3 is 0 Å². The summed E-state index contributed by atoms with van der Waals surface area (Å²) in [7, 11) is 0. The van der Waals surface area contributed by atoms with Gasteiger partial charge in [0.1, 0.15) is 0 Å². The van der Waals surface area contributed by atoms with Crippen molar-refractivity contribution in [3.8, 4) is 0 Å². The summed E-state index contributed by atoms with van der Waals surface area (Å²) in [5.74, 6) is 0. The van der Waals surface area contributed by atoms with Crippen molar-refractivity contribution in [3.05, 3.63) is 52.5 Å². The van der Waals surface area contributed by atoms with Crippen LogP contribution in [0, 0.1) is 0 Å². The average Bonchev–Trinajstić information content (AvgIpc) is 3.01. The van der Waals surface area contributed by atoms with Crippen LogP contribution in [-0.2, 0) is 12.8 Å². The lowest BCUT2D eigenvalue weighted by molar-refractivity contribution is 0.452. The second kappa shape index (κ2) is 8.88. The van der Waals surface area contributed by atoms with Gasteiger partial charge in [-0.2, -0.15) is 0 Å². The monoisotopic (exact) mass is 288 g/mol. The maximum absolute atomic E-state index is 4.42. The minimum absolute atomic E-state index is 0.596. The topological polar surface area (TPSA) is 24.9 Å². The fourth-order valence-corrected chi connectivity index (χ4v) is 3.06. The van der Waals surface area contributed by atoms with E-state index in [1.165, 1.54) is 36.3 Å². The van der Waals surface area contributed by atoms with Crippen molar-refractivity contribution in [2.24, 2.45) is 0 Å². The molecule has 0 saturated heterocycles. The molecule has 20 heavy (non-hydrogen) atoms. The molecule has 0 aromatic carbocycles. The number of pyridine rings is 1. The van der Waals surface area contributed by atoms with E-state index in [1.807, 2.05) is 23.6 Å². The van der Waals surface area contributed by atoms with Crippen LogP contribution in [-0.4, -0.2) is 17.6 Å². The second-order valence-corrected chi connectivity index (χ2v) is 6.16. The Morgan fingerprint density at radius 1 is 1.15 bits per heavy atom. The third kappa shape index (κ3) is 5.43. The highest BCUT2D eigenvalue weighted by molar-refractivity contribution is 7.09. The minimum Gasteiger partial charge on any atom is -0.314 e. The van der Waals surface area contributed by atoms with Gasteiger partial charge in [0, 0.05) is 22.8 Å². The molecule has 0 fully saturated rings. The van der Waals surface area contributed by atoms with Crippen LogP contribution in [0.4, 0.5) is 0 Å². The summed E-state index contributed by atoms with van der Waals surface area (Å²) in [6, 6.07) is 11.1. The van der Waals surface area contributed by atoms with Crippen molar-refractivity contribution in [1.82, 2.24) is 10.3 Å². The Kier molecular flexibility index (Phi) is 6.75. The molecular weight excluding hydrogens is 264 g/mol. The van der Waals surface area contributed by atoms with Crippen LogP contribution in [0.2, 0.25) is 0 Å². The van der Waals surface area contributed by atoms with Gasteiger partial charge in [-0.25, -0.2) is 0 Å². The predicted molar refractivity (Wildman–Crippen MR) is 87.3 cm³/mol. The van der Waals surface area contributed by atoms with Gasteiger partial charge in [0.15, 0.2) is 0 Å². The van der Waals surface area contributed by atoms with E-state index in [0.29, 0.717) is 6.04 Å². The molecule has 0 aliphatic rings. The Morgan fingerprint density at radius 2 is 2.05 bits per heavy atom. The van der Waals surface area contributed by atoms with Crippen LogP contribution in [0.15, 0.2) is 41.9 Å². The van der Waals surface area contributed by atoms with E-state index in [4.69, 9.17) is 0 Å². The smallest absolute Gasteiger partial charge is 0.0404 e. The summed E-state index contributed by atoms with van der Waals surface area (Å²) in [6.07, 6.45) is 7.71. The fraction of sp³-hybridized carbons (Fsp3) is 0.471. The van der Waals surface area contributed by atoms with E-state index in [1.54, 1.807) is 0 Å². The second-order valence-electron chi connectivity index (χ2n) is 5.13. The first-order chi connectivity index (χ1) is 9.88. The zero-order valence-electron chi connectivity index (χ0n) is 12.2. The molecule has 0 radical (unpaired) electrons. The highest BCUT2D eigenvalue weighted by Crippen LogP contribution is 2.14. The van der Waals surface area contributed by atoms with Crippen LogP contribution in [0.3, 0.4) is 0 Å². The lowest BCUT2D eigenvalue weighted by Gasteiger charge is -2.18. The normalized spacial score (nSPS) is 12.4.